The molecule has 2 heteroatoms. The summed E-state index contributed by atoms with van der Waals surface area (Å²) in [5, 5.41) is 2.43. The first-order chi connectivity index (χ1) is 37.7. The van der Waals surface area contributed by atoms with Crippen LogP contribution in [0.4, 0.5) is 17.1 Å². The van der Waals surface area contributed by atoms with Gasteiger partial charge in [-0.25, -0.2) is 0 Å². The number of nitrogens with zero attached hydrogens (tertiary/aromatic N) is 2. The van der Waals surface area contributed by atoms with Crippen LogP contribution in [0.15, 0.2) is 274 Å². The second-order valence-corrected chi connectivity index (χ2v) is 21.4. The predicted molar refractivity (Wildman–Crippen MR) is 328 cm³/mol. The Labute approximate surface area is 452 Å². The van der Waals surface area contributed by atoms with Crippen molar-refractivity contribution in [3.05, 3.63) is 313 Å². The molecule has 12 aromatic rings. The van der Waals surface area contributed by atoms with Crippen LogP contribution in [-0.4, -0.2) is 4.57 Å². The first-order valence-electron chi connectivity index (χ1n) is 26.7. The van der Waals surface area contributed by atoms with Gasteiger partial charge in [-0.3, -0.25) is 0 Å². The molecule has 0 bridgehead atoms. The van der Waals surface area contributed by atoms with Crippen LogP contribution in [0, 0.1) is 0 Å². The van der Waals surface area contributed by atoms with Crippen molar-refractivity contribution in [3.8, 4) is 50.2 Å². The van der Waals surface area contributed by atoms with Crippen LogP contribution in [-0.2, 0) is 10.8 Å². The number of fused-ring (bicyclic) bond motifs is 6. The highest BCUT2D eigenvalue weighted by Crippen LogP contribution is 2.57. The van der Waals surface area contributed by atoms with E-state index in [4.69, 9.17) is 0 Å². The summed E-state index contributed by atoms with van der Waals surface area (Å²) in [7, 11) is 0. The summed E-state index contributed by atoms with van der Waals surface area (Å²) in [6, 6.07) is 96.6. The highest BCUT2D eigenvalue weighted by molar-refractivity contribution is 6.11. The van der Waals surface area contributed by atoms with Crippen molar-refractivity contribution in [2.24, 2.45) is 0 Å². The molecule has 2 nitrogen and oxygen atoms in total. The van der Waals surface area contributed by atoms with Gasteiger partial charge in [0, 0.05) is 33.5 Å². The summed E-state index contributed by atoms with van der Waals surface area (Å²) in [6.45, 7) is 15.0. The topological polar surface area (TPSA) is 8.17 Å². The maximum atomic E-state index is 4.11. The van der Waals surface area contributed by atoms with E-state index in [1.165, 1.54) is 83.0 Å². The lowest BCUT2D eigenvalue weighted by Gasteiger charge is -2.35. The first kappa shape index (κ1) is 47.2. The summed E-state index contributed by atoms with van der Waals surface area (Å²) in [6.07, 6.45) is 3.82. The Hall–Kier alpha value is -9.50. The Morgan fingerprint density at radius 2 is 0.805 bits per heavy atom. The van der Waals surface area contributed by atoms with Gasteiger partial charge in [-0.15, -0.1) is 0 Å². The molecule has 1 unspecified atom stereocenters. The molecule has 1 atom stereocenters. The van der Waals surface area contributed by atoms with E-state index in [-0.39, 0.29) is 5.41 Å². The quantitative estimate of drug-likeness (QED) is 0.125. The molecule has 0 N–H and O–H groups in total. The molecule has 0 aliphatic heterocycles. The molecule has 1 aromatic heterocycles. The maximum absolute atomic E-state index is 4.11. The van der Waals surface area contributed by atoms with Crippen LogP contribution in [0.1, 0.15) is 59.7 Å². The largest absolute Gasteiger partial charge is 0.310 e. The molecule has 0 saturated heterocycles. The molecule has 1 heterocycles. The molecule has 1 aliphatic rings. The van der Waals surface area contributed by atoms with Crippen LogP contribution in [0.2, 0.25) is 0 Å². The van der Waals surface area contributed by atoms with Crippen molar-refractivity contribution in [1.82, 2.24) is 4.57 Å². The third-order valence-electron chi connectivity index (χ3n) is 16.0. The third kappa shape index (κ3) is 8.13. The number of aromatic nitrogens is 1. The zero-order valence-corrected chi connectivity index (χ0v) is 43.8. The summed E-state index contributed by atoms with van der Waals surface area (Å²) in [5.41, 5.74) is 24.2. The van der Waals surface area contributed by atoms with Crippen LogP contribution in [0.25, 0.3) is 84.2 Å². The van der Waals surface area contributed by atoms with Crippen LogP contribution in [0.5, 0.6) is 0 Å². The number of anilines is 3. The number of benzene rings is 11. The fourth-order valence-corrected chi connectivity index (χ4v) is 12.0. The summed E-state index contributed by atoms with van der Waals surface area (Å²) in [4.78, 5) is 2.43. The van der Waals surface area contributed by atoms with Crippen molar-refractivity contribution in [3.63, 3.8) is 0 Å². The SMILES string of the molecule is C=Cc1ccc(-c2ccc3c(c2)c2cc(-c4ccc(N(c5ccc(-c6ccccc6)cc5)c5ccc6c(c5)C(c5ccc(C=C)cc5)(c5ccc(C(C)(C)C)cc5)c5ccccc5-6)cc4)ccc2n3-c2ccccc2)cc1. The van der Waals surface area contributed by atoms with E-state index in [1.54, 1.807) is 0 Å². The fourth-order valence-electron chi connectivity index (χ4n) is 12.0. The Balaban J connectivity index is 0.966. The normalized spacial score (nSPS) is 13.8. The maximum Gasteiger partial charge on any atom is 0.0714 e. The zero-order chi connectivity index (χ0) is 52.3. The second-order valence-electron chi connectivity index (χ2n) is 21.4. The predicted octanol–water partition coefficient (Wildman–Crippen LogP) is 20.2. The van der Waals surface area contributed by atoms with Crippen molar-refractivity contribution in [1.29, 1.82) is 0 Å². The van der Waals surface area contributed by atoms with E-state index in [2.05, 4.69) is 304 Å². The zero-order valence-electron chi connectivity index (χ0n) is 43.8. The summed E-state index contributed by atoms with van der Waals surface area (Å²) in [5.74, 6) is 0. The standard InChI is InChI=1S/C75H58N2/c1-6-51-22-26-55(27-23-51)57-32-46-72-68(48-57)69-49-58(33-47-73(69)77(72)62-18-12-9-13-19-62)56-30-42-64(43-31-56)76(63-40-28-54(29-41-63)53-16-10-8-11-17-53)65-44-45-67-66-20-14-15-21-70(66)75(71(67)50-65,60-34-24-52(7-2)25-35-60)61-38-36-59(37-39-61)74(3,4)5/h6-50H,1-2H2,3-5H3. The van der Waals surface area contributed by atoms with E-state index in [0.717, 1.165) is 45.0 Å². The van der Waals surface area contributed by atoms with Gasteiger partial charge in [0.25, 0.3) is 0 Å². The molecule has 13 rings (SSSR count). The lowest BCUT2D eigenvalue weighted by molar-refractivity contribution is 0.589. The van der Waals surface area contributed by atoms with Gasteiger partial charge in [-0.2, -0.15) is 0 Å². The van der Waals surface area contributed by atoms with E-state index in [0.29, 0.717) is 0 Å². The Morgan fingerprint density at radius 1 is 0.377 bits per heavy atom. The molecule has 1 aliphatic carbocycles. The van der Waals surface area contributed by atoms with E-state index >= 15 is 0 Å². The van der Waals surface area contributed by atoms with E-state index in [9.17, 15) is 0 Å². The first-order valence-corrected chi connectivity index (χ1v) is 26.7. The lowest BCUT2D eigenvalue weighted by Crippen LogP contribution is -2.29. The Bertz CT molecular complexity index is 4160. The van der Waals surface area contributed by atoms with Gasteiger partial charge in [0.1, 0.15) is 0 Å². The molecule has 11 aromatic carbocycles. The second kappa shape index (κ2) is 19.0. The fraction of sp³-hybridized carbons (Fsp3) is 0.0667. The molecule has 0 amide bonds. The Kier molecular flexibility index (Phi) is 11.7. The molecule has 77 heavy (non-hydrogen) atoms. The van der Waals surface area contributed by atoms with Crippen molar-refractivity contribution < 1.29 is 0 Å². The van der Waals surface area contributed by atoms with Crippen LogP contribution >= 0.6 is 0 Å². The summed E-state index contributed by atoms with van der Waals surface area (Å²) >= 11 is 0. The van der Waals surface area contributed by atoms with Gasteiger partial charge < -0.3 is 9.47 Å². The number of rotatable bonds is 11. The number of hydrogen-bond acceptors (Lipinski definition) is 1. The highest BCUT2D eigenvalue weighted by atomic mass is 15.1. The average molecular weight is 987 g/mol. The Morgan fingerprint density at radius 3 is 1.35 bits per heavy atom. The van der Waals surface area contributed by atoms with Crippen molar-refractivity contribution in [2.75, 3.05) is 4.90 Å². The minimum Gasteiger partial charge on any atom is -0.310 e. The van der Waals surface area contributed by atoms with Gasteiger partial charge in [-0.1, -0.05) is 234 Å². The molecule has 0 radical (unpaired) electrons. The van der Waals surface area contributed by atoms with Gasteiger partial charge in [-0.05, 0) is 162 Å². The number of para-hydroxylation sites is 1. The minimum atomic E-state index is -0.593. The smallest absolute Gasteiger partial charge is 0.0714 e. The summed E-state index contributed by atoms with van der Waals surface area (Å²) < 4.78 is 2.39. The molecular formula is C75H58N2. The lowest BCUT2D eigenvalue weighted by atomic mass is 9.67. The molecular weight excluding hydrogens is 929 g/mol. The van der Waals surface area contributed by atoms with Gasteiger partial charge in [0.2, 0.25) is 0 Å². The van der Waals surface area contributed by atoms with Gasteiger partial charge in [0.15, 0.2) is 0 Å². The number of hydrogen-bond donors (Lipinski definition) is 0. The van der Waals surface area contributed by atoms with Gasteiger partial charge >= 0.3 is 0 Å². The minimum absolute atomic E-state index is 0.0148. The van der Waals surface area contributed by atoms with Crippen LogP contribution in [0.3, 0.4) is 0 Å². The van der Waals surface area contributed by atoms with Gasteiger partial charge in [0.05, 0.1) is 16.4 Å². The van der Waals surface area contributed by atoms with Crippen molar-refractivity contribution in [2.45, 2.75) is 31.6 Å². The third-order valence-corrected chi connectivity index (χ3v) is 16.0. The highest BCUT2D eigenvalue weighted by Gasteiger charge is 2.46. The monoisotopic (exact) mass is 986 g/mol. The molecule has 368 valence electrons. The van der Waals surface area contributed by atoms with E-state index in [1.807, 2.05) is 12.2 Å². The average Bonchev–Trinajstić information content (AvgIpc) is 4.18. The van der Waals surface area contributed by atoms with E-state index < -0.39 is 5.41 Å². The van der Waals surface area contributed by atoms with Crippen molar-refractivity contribution >= 4 is 51.0 Å². The molecule has 0 saturated carbocycles. The molecule has 0 fully saturated rings. The molecule has 0 spiro atoms. The van der Waals surface area contributed by atoms with Crippen LogP contribution < -0.4 is 4.90 Å².